The van der Waals surface area contributed by atoms with Crippen LogP contribution in [-0.2, 0) is 18.4 Å². The molecule has 1 amide bonds. The number of nitrogens with zero attached hydrogens (tertiary/aromatic N) is 1. The minimum Gasteiger partial charge on any atom is -0.387 e. The average molecular weight is 898 g/mol. The Morgan fingerprint density at radius 1 is 0.532 bits per heavy atom. The topological polar surface area (TPSA) is 105 Å². The molecule has 8 nitrogen and oxygen atoms in total. The quantitative estimate of drug-likeness (QED) is 0.0243. The van der Waals surface area contributed by atoms with E-state index in [4.69, 9.17) is 9.05 Å². The Labute approximate surface area is 385 Å². The Morgan fingerprint density at radius 2 is 0.871 bits per heavy atom. The fourth-order valence-electron chi connectivity index (χ4n) is 7.92. The molecule has 0 aliphatic heterocycles. The third-order valence-corrected chi connectivity index (χ3v) is 13.1. The van der Waals surface area contributed by atoms with E-state index in [1.165, 1.54) is 186 Å². The van der Waals surface area contributed by atoms with E-state index in [1.807, 2.05) is 27.2 Å². The van der Waals surface area contributed by atoms with Crippen molar-refractivity contribution < 1.29 is 32.9 Å². The zero-order chi connectivity index (χ0) is 45.7. The zero-order valence-electron chi connectivity index (χ0n) is 41.9. The summed E-state index contributed by atoms with van der Waals surface area (Å²) in [5, 5.41) is 13.9. The average Bonchev–Trinajstić information content (AvgIpc) is 3.23. The van der Waals surface area contributed by atoms with Crippen molar-refractivity contribution in [2.24, 2.45) is 0 Å². The molecular formula is C53H106N2O6P+. The Bertz CT molecular complexity index is 1060. The van der Waals surface area contributed by atoms with Crippen LogP contribution in [-0.4, -0.2) is 73.4 Å². The van der Waals surface area contributed by atoms with Crippen molar-refractivity contribution in [1.29, 1.82) is 0 Å². The second-order valence-corrected chi connectivity index (χ2v) is 21.1. The number of nitrogens with one attached hydrogen (secondary N) is 1. The van der Waals surface area contributed by atoms with E-state index in [0.717, 1.165) is 51.4 Å². The second kappa shape index (κ2) is 45.1. The maximum atomic E-state index is 12.9. The lowest BCUT2D eigenvalue weighted by atomic mass is 10.0. The maximum Gasteiger partial charge on any atom is 0.472 e. The van der Waals surface area contributed by atoms with Gasteiger partial charge in [-0.2, -0.15) is 0 Å². The zero-order valence-corrected chi connectivity index (χ0v) is 42.8. The highest BCUT2D eigenvalue weighted by atomic mass is 31.2. The summed E-state index contributed by atoms with van der Waals surface area (Å²) in [5.74, 6) is -0.183. The number of carbonyl (C=O) groups excluding carboxylic acids is 1. The van der Waals surface area contributed by atoms with Crippen LogP contribution in [0.1, 0.15) is 258 Å². The van der Waals surface area contributed by atoms with Crippen LogP contribution >= 0.6 is 7.82 Å². The molecule has 0 spiro atoms. The number of quaternary nitrogens is 1. The molecule has 0 saturated heterocycles. The third kappa shape index (κ3) is 47.0. The van der Waals surface area contributed by atoms with Crippen LogP contribution in [0.25, 0.3) is 0 Å². The SMILES string of the molecule is CCCCCCCCC/C=C\CCCCCCCC(=O)NC(COP(=O)(O)OCC[N+](C)(C)C)C(O)/C=C/CCCCCCCCCCCCCCCCCCCCCCCC. The van der Waals surface area contributed by atoms with Gasteiger partial charge in [-0.05, 0) is 44.9 Å². The van der Waals surface area contributed by atoms with Gasteiger partial charge >= 0.3 is 7.82 Å². The Morgan fingerprint density at radius 3 is 1.24 bits per heavy atom. The maximum absolute atomic E-state index is 12.9. The van der Waals surface area contributed by atoms with Gasteiger partial charge in [0.15, 0.2) is 0 Å². The second-order valence-electron chi connectivity index (χ2n) is 19.6. The number of phosphoric acid groups is 1. The molecule has 3 N–H and O–H groups in total. The Hall–Kier alpha value is -1.02. The van der Waals surface area contributed by atoms with Gasteiger partial charge in [0.25, 0.3) is 0 Å². The van der Waals surface area contributed by atoms with Crippen LogP contribution in [0.4, 0.5) is 0 Å². The van der Waals surface area contributed by atoms with Crippen molar-refractivity contribution in [3.8, 4) is 0 Å². The molecule has 3 unspecified atom stereocenters. The minimum atomic E-state index is -4.34. The Balaban J connectivity index is 4.25. The van der Waals surface area contributed by atoms with Crippen molar-refractivity contribution in [2.45, 2.75) is 270 Å². The van der Waals surface area contributed by atoms with Gasteiger partial charge in [0, 0.05) is 6.42 Å². The monoisotopic (exact) mass is 898 g/mol. The summed E-state index contributed by atoms with van der Waals surface area (Å²) >= 11 is 0. The molecule has 0 fully saturated rings. The number of unbranched alkanes of at least 4 members (excludes halogenated alkanes) is 34. The molecule has 0 aliphatic carbocycles. The normalized spacial score (nSPS) is 14.2. The van der Waals surface area contributed by atoms with Gasteiger partial charge in [0.05, 0.1) is 39.9 Å². The summed E-state index contributed by atoms with van der Waals surface area (Å²) < 4.78 is 23.7. The van der Waals surface area contributed by atoms with E-state index >= 15 is 0 Å². The number of likely N-dealkylation sites (N-methyl/N-ethyl adjacent to an activating group) is 1. The standard InChI is InChI=1S/C53H105N2O6P/c1-6-8-10-12-14-16-18-20-22-24-25-26-27-28-29-30-31-32-34-36-38-40-42-44-46-52(56)51(50-61-62(58,59)60-49-48-55(3,4)5)54-53(57)47-45-43-41-39-37-35-33-23-21-19-17-15-13-11-9-7-2/h23,33,44,46,51-52,56H,6-22,24-32,34-43,45,47-50H2,1-5H3,(H-,54,57,58,59)/p+1/b33-23-,46-44+. The fraction of sp³-hybridized carbons (Fsp3) is 0.906. The predicted molar refractivity (Wildman–Crippen MR) is 268 cm³/mol. The molecule has 3 atom stereocenters. The highest BCUT2D eigenvalue weighted by Crippen LogP contribution is 2.43. The van der Waals surface area contributed by atoms with E-state index in [9.17, 15) is 19.4 Å². The lowest BCUT2D eigenvalue weighted by molar-refractivity contribution is -0.870. The van der Waals surface area contributed by atoms with E-state index in [2.05, 4.69) is 31.3 Å². The molecule has 0 radical (unpaired) electrons. The number of amides is 1. The van der Waals surface area contributed by atoms with Crippen molar-refractivity contribution >= 4 is 13.7 Å². The molecule has 0 aliphatic rings. The number of aliphatic hydroxyl groups excluding tert-OH is 1. The van der Waals surface area contributed by atoms with E-state index in [1.54, 1.807) is 6.08 Å². The molecule has 0 heterocycles. The molecule has 0 rings (SSSR count). The highest BCUT2D eigenvalue weighted by Gasteiger charge is 2.27. The first-order valence-electron chi connectivity index (χ1n) is 26.7. The molecule has 0 saturated carbocycles. The van der Waals surface area contributed by atoms with Crippen LogP contribution in [0.5, 0.6) is 0 Å². The minimum absolute atomic E-state index is 0.0613. The predicted octanol–water partition coefficient (Wildman–Crippen LogP) is 15.6. The number of allylic oxidation sites excluding steroid dienone is 3. The number of hydrogen-bond donors (Lipinski definition) is 3. The van der Waals surface area contributed by atoms with E-state index < -0.39 is 20.0 Å². The molecule has 0 aromatic heterocycles. The third-order valence-electron chi connectivity index (χ3n) is 12.2. The summed E-state index contributed by atoms with van der Waals surface area (Å²) in [6, 6.07) is -0.849. The first kappa shape index (κ1) is 61.0. The van der Waals surface area contributed by atoms with E-state index in [-0.39, 0.29) is 19.1 Å². The van der Waals surface area contributed by atoms with Crippen molar-refractivity contribution in [3.63, 3.8) is 0 Å². The Kier molecular flexibility index (Phi) is 44.4. The van der Waals surface area contributed by atoms with Gasteiger partial charge in [-0.15, -0.1) is 0 Å². The van der Waals surface area contributed by atoms with Gasteiger partial charge in [0.1, 0.15) is 13.2 Å². The molecule has 0 aromatic carbocycles. The van der Waals surface area contributed by atoms with Gasteiger partial charge in [-0.25, -0.2) is 4.57 Å². The first-order chi connectivity index (χ1) is 30.0. The van der Waals surface area contributed by atoms with Crippen LogP contribution < -0.4 is 5.32 Å². The van der Waals surface area contributed by atoms with Crippen molar-refractivity contribution in [2.75, 3.05) is 40.9 Å². The summed E-state index contributed by atoms with van der Waals surface area (Å²) in [6.45, 7) is 4.83. The first-order valence-corrected chi connectivity index (χ1v) is 28.2. The summed E-state index contributed by atoms with van der Waals surface area (Å²) in [5.41, 5.74) is 0. The fourth-order valence-corrected chi connectivity index (χ4v) is 8.66. The number of carbonyl (C=O) groups is 1. The molecular weight excluding hydrogens is 792 g/mol. The number of rotatable bonds is 49. The van der Waals surface area contributed by atoms with Gasteiger partial charge in [0.2, 0.25) is 5.91 Å². The molecule has 0 aromatic rings. The van der Waals surface area contributed by atoms with Crippen LogP contribution in [0.15, 0.2) is 24.3 Å². The van der Waals surface area contributed by atoms with Gasteiger partial charge < -0.3 is 19.8 Å². The molecule has 62 heavy (non-hydrogen) atoms. The van der Waals surface area contributed by atoms with Crippen molar-refractivity contribution in [3.05, 3.63) is 24.3 Å². The lowest BCUT2D eigenvalue weighted by Gasteiger charge is -2.25. The highest BCUT2D eigenvalue weighted by molar-refractivity contribution is 7.47. The van der Waals surface area contributed by atoms with Gasteiger partial charge in [-0.3, -0.25) is 13.8 Å². The number of phosphoric ester groups is 1. The molecule has 0 bridgehead atoms. The molecule has 9 heteroatoms. The smallest absolute Gasteiger partial charge is 0.387 e. The summed E-state index contributed by atoms with van der Waals surface area (Å²) in [7, 11) is 1.57. The number of aliphatic hydroxyl groups is 1. The molecule has 368 valence electrons. The van der Waals surface area contributed by atoms with Crippen molar-refractivity contribution in [1.82, 2.24) is 5.32 Å². The summed E-state index contributed by atoms with van der Waals surface area (Å²) in [6.07, 6.45) is 55.5. The van der Waals surface area contributed by atoms with E-state index in [0.29, 0.717) is 17.4 Å². The van der Waals surface area contributed by atoms with Crippen LogP contribution in [0.2, 0.25) is 0 Å². The van der Waals surface area contributed by atoms with Crippen LogP contribution in [0, 0.1) is 0 Å². The lowest BCUT2D eigenvalue weighted by Crippen LogP contribution is -2.45. The van der Waals surface area contributed by atoms with Gasteiger partial charge in [-0.1, -0.05) is 231 Å². The largest absolute Gasteiger partial charge is 0.472 e. The summed E-state index contributed by atoms with van der Waals surface area (Å²) in [4.78, 5) is 23.2. The van der Waals surface area contributed by atoms with Crippen LogP contribution in [0.3, 0.4) is 0 Å². The number of hydrogen-bond acceptors (Lipinski definition) is 5.